The second-order valence-electron chi connectivity index (χ2n) is 7.32. The third kappa shape index (κ3) is 3.50. The van der Waals surface area contributed by atoms with E-state index in [0.29, 0.717) is 33.7 Å². The van der Waals surface area contributed by atoms with E-state index in [0.717, 1.165) is 15.9 Å². The van der Waals surface area contributed by atoms with Gasteiger partial charge in [0.25, 0.3) is 11.8 Å². The largest absolute Gasteiger partial charge is 0.487 e. The number of nitrogens with zero attached hydrogens (tertiary/aromatic N) is 4. The van der Waals surface area contributed by atoms with Gasteiger partial charge in [0.05, 0.1) is 34.1 Å². The first kappa shape index (κ1) is 19.6. The number of hydrogen-bond donors (Lipinski definition) is 0. The van der Waals surface area contributed by atoms with Crippen molar-refractivity contribution in [1.82, 2.24) is 19.9 Å². The molecule has 0 radical (unpaired) electrons. The number of benzene rings is 2. The van der Waals surface area contributed by atoms with Crippen molar-refractivity contribution < 1.29 is 14.3 Å². The van der Waals surface area contributed by atoms with Crippen LogP contribution in [0.15, 0.2) is 79.3 Å². The molecule has 0 fully saturated rings. The Morgan fingerprint density at radius 1 is 0.812 bits per heavy atom. The summed E-state index contributed by atoms with van der Waals surface area (Å²) in [4.78, 5) is 39.6. The van der Waals surface area contributed by atoms with Crippen LogP contribution in [0.1, 0.15) is 16.8 Å². The minimum atomic E-state index is -0.332. The van der Waals surface area contributed by atoms with E-state index in [-0.39, 0.29) is 18.4 Å². The first-order valence-corrected chi connectivity index (χ1v) is 10.0. The molecule has 5 rings (SSSR count). The van der Waals surface area contributed by atoms with E-state index in [9.17, 15) is 9.59 Å². The van der Waals surface area contributed by atoms with E-state index in [2.05, 4.69) is 15.0 Å². The van der Waals surface area contributed by atoms with Crippen molar-refractivity contribution in [3.8, 4) is 5.75 Å². The van der Waals surface area contributed by atoms with E-state index in [1.807, 2.05) is 24.3 Å². The van der Waals surface area contributed by atoms with Gasteiger partial charge in [0, 0.05) is 19.4 Å². The summed E-state index contributed by atoms with van der Waals surface area (Å²) in [6, 6.07) is 18.2. The van der Waals surface area contributed by atoms with Gasteiger partial charge in [-0.25, -0.2) is 4.98 Å². The molecule has 32 heavy (non-hydrogen) atoms. The lowest BCUT2D eigenvalue weighted by molar-refractivity contribution is -0.134. The van der Waals surface area contributed by atoms with Crippen molar-refractivity contribution in [3.63, 3.8) is 0 Å². The lowest BCUT2D eigenvalue weighted by Gasteiger charge is -2.09. The Bertz CT molecular complexity index is 1370. The van der Waals surface area contributed by atoms with Crippen LogP contribution in [0.2, 0.25) is 0 Å². The molecule has 0 bridgehead atoms. The molecule has 3 heterocycles. The van der Waals surface area contributed by atoms with Gasteiger partial charge in [0.1, 0.15) is 12.4 Å². The molecule has 0 aliphatic carbocycles. The molecular formula is C25H18N4O3. The van der Waals surface area contributed by atoms with Crippen molar-refractivity contribution in [2.75, 3.05) is 7.05 Å². The van der Waals surface area contributed by atoms with E-state index in [4.69, 9.17) is 4.74 Å². The second kappa shape index (κ2) is 8.03. The highest BCUT2D eigenvalue weighted by molar-refractivity contribution is 6.48. The predicted octanol–water partition coefficient (Wildman–Crippen LogP) is 3.51. The number of rotatable bonds is 5. The molecule has 1 aliphatic rings. The summed E-state index contributed by atoms with van der Waals surface area (Å²) in [5, 5.41) is 0. The number of hydrogen-bond acceptors (Lipinski definition) is 6. The number of para-hydroxylation sites is 2. The van der Waals surface area contributed by atoms with Gasteiger partial charge < -0.3 is 4.74 Å². The summed E-state index contributed by atoms with van der Waals surface area (Å²) in [5.41, 5.74) is 4.42. The normalized spacial score (nSPS) is 13.8. The summed E-state index contributed by atoms with van der Waals surface area (Å²) in [7, 11) is 1.49. The summed E-state index contributed by atoms with van der Waals surface area (Å²) in [6.07, 6.45) is 4.90. The van der Waals surface area contributed by atoms with Crippen LogP contribution in [0, 0.1) is 0 Å². The Morgan fingerprint density at radius 2 is 1.44 bits per heavy atom. The predicted molar refractivity (Wildman–Crippen MR) is 119 cm³/mol. The summed E-state index contributed by atoms with van der Waals surface area (Å²) in [5.74, 6) is -0.0341. The van der Waals surface area contributed by atoms with Gasteiger partial charge in [-0.3, -0.25) is 24.5 Å². The quantitative estimate of drug-likeness (QED) is 0.458. The fourth-order valence-electron chi connectivity index (χ4n) is 3.64. The van der Waals surface area contributed by atoms with Crippen molar-refractivity contribution in [2.45, 2.75) is 6.61 Å². The molecule has 0 spiro atoms. The number of likely N-dealkylation sites (N-methyl/N-ethyl adjacent to an activating group) is 1. The average molecular weight is 422 g/mol. The maximum absolute atomic E-state index is 12.8. The van der Waals surface area contributed by atoms with E-state index < -0.39 is 0 Å². The lowest BCUT2D eigenvalue weighted by Crippen LogP contribution is -2.26. The Kier molecular flexibility index (Phi) is 4.91. The molecule has 0 saturated carbocycles. The van der Waals surface area contributed by atoms with Crippen LogP contribution in [-0.4, -0.2) is 38.7 Å². The molecule has 2 amide bonds. The van der Waals surface area contributed by atoms with Crippen LogP contribution in [0.3, 0.4) is 0 Å². The van der Waals surface area contributed by atoms with Gasteiger partial charge in [0.2, 0.25) is 0 Å². The fraction of sp³-hybridized carbons (Fsp3) is 0.0800. The van der Waals surface area contributed by atoms with E-state index >= 15 is 0 Å². The monoisotopic (exact) mass is 422 g/mol. The highest BCUT2D eigenvalue weighted by atomic mass is 16.5. The molecule has 0 saturated heterocycles. The SMILES string of the molecule is CN1C(=O)C(c2ccncc2)=C(c2ccc(OCc3cnc4ccccc4n3)cc2)C1=O. The number of amides is 2. The fourth-order valence-corrected chi connectivity index (χ4v) is 3.64. The van der Waals surface area contributed by atoms with Crippen LogP contribution in [-0.2, 0) is 16.2 Å². The zero-order valence-electron chi connectivity index (χ0n) is 17.2. The summed E-state index contributed by atoms with van der Waals surface area (Å²) >= 11 is 0. The third-order valence-corrected chi connectivity index (χ3v) is 5.28. The van der Waals surface area contributed by atoms with Gasteiger partial charge >= 0.3 is 0 Å². The smallest absolute Gasteiger partial charge is 0.261 e. The molecule has 0 atom stereocenters. The van der Waals surface area contributed by atoms with Crippen molar-refractivity contribution in [1.29, 1.82) is 0 Å². The zero-order valence-corrected chi connectivity index (χ0v) is 17.2. The van der Waals surface area contributed by atoms with E-state index in [1.54, 1.807) is 55.0 Å². The van der Waals surface area contributed by atoms with E-state index in [1.165, 1.54) is 7.05 Å². The van der Waals surface area contributed by atoms with Gasteiger partial charge in [-0.05, 0) is 47.5 Å². The third-order valence-electron chi connectivity index (χ3n) is 5.28. The van der Waals surface area contributed by atoms with Gasteiger partial charge in [-0.1, -0.05) is 24.3 Å². The second-order valence-corrected chi connectivity index (χ2v) is 7.32. The molecule has 2 aromatic carbocycles. The minimum absolute atomic E-state index is 0.266. The first-order valence-electron chi connectivity index (χ1n) is 10.0. The molecule has 7 nitrogen and oxygen atoms in total. The molecular weight excluding hydrogens is 404 g/mol. The van der Waals surface area contributed by atoms with Crippen molar-refractivity contribution in [3.05, 3.63) is 96.1 Å². The number of ether oxygens (including phenoxy) is 1. The standard InChI is InChI=1S/C25H18N4O3/c1-29-24(30)22(23(25(29)31)17-10-12-26-13-11-17)16-6-8-19(9-7-16)32-15-18-14-27-20-4-2-3-5-21(20)28-18/h2-14H,15H2,1H3. The Hall–Kier alpha value is -4.39. The van der Waals surface area contributed by atoms with Crippen molar-refractivity contribution in [2.24, 2.45) is 0 Å². The lowest BCUT2D eigenvalue weighted by atomic mass is 9.97. The first-order chi connectivity index (χ1) is 15.6. The van der Waals surface area contributed by atoms with Crippen LogP contribution < -0.4 is 4.74 Å². The summed E-state index contributed by atoms with van der Waals surface area (Å²) in [6.45, 7) is 0.266. The maximum Gasteiger partial charge on any atom is 0.261 e. The number of carbonyl (C=O) groups is 2. The zero-order chi connectivity index (χ0) is 22.1. The van der Waals surface area contributed by atoms with Gasteiger partial charge in [0.15, 0.2) is 0 Å². The van der Waals surface area contributed by atoms with Crippen molar-refractivity contribution >= 4 is 34.0 Å². The number of aromatic nitrogens is 3. The summed E-state index contributed by atoms with van der Waals surface area (Å²) < 4.78 is 5.85. The van der Waals surface area contributed by atoms with Gasteiger partial charge in [-0.2, -0.15) is 0 Å². The van der Waals surface area contributed by atoms with Crippen LogP contribution >= 0.6 is 0 Å². The molecule has 1 aliphatic heterocycles. The Labute approximate surface area is 184 Å². The topological polar surface area (TPSA) is 85.3 Å². The van der Waals surface area contributed by atoms with Crippen LogP contribution in [0.4, 0.5) is 0 Å². The van der Waals surface area contributed by atoms with Crippen LogP contribution in [0.5, 0.6) is 5.75 Å². The Morgan fingerprint density at radius 3 is 2.12 bits per heavy atom. The molecule has 156 valence electrons. The number of imide groups is 1. The molecule has 7 heteroatoms. The number of fused-ring (bicyclic) bond motifs is 1. The van der Waals surface area contributed by atoms with Crippen LogP contribution in [0.25, 0.3) is 22.2 Å². The number of carbonyl (C=O) groups excluding carboxylic acids is 2. The minimum Gasteiger partial charge on any atom is -0.487 e. The molecule has 0 unspecified atom stereocenters. The van der Waals surface area contributed by atoms with Gasteiger partial charge in [-0.15, -0.1) is 0 Å². The highest BCUT2D eigenvalue weighted by Crippen LogP contribution is 2.35. The molecule has 2 aromatic heterocycles. The average Bonchev–Trinajstić information content (AvgIpc) is 3.07. The number of pyridine rings is 1. The highest BCUT2D eigenvalue weighted by Gasteiger charge is 2.37. The maximum atomic E-state index is 12.8. The molecule has 4 aromatic rings. The Balaban J connectivity index is 1.40. The molecule has 0 N–H and O–H groups in total.